The van der Waals surface area contributed by atoms with Crippen molar-refractivity contribution in [3.8, 4) is 0 Å². The normalized spacial score (nSPS) is 12.3. The van der Waals surface area contributed by atoms with Gasteiger partial charge in [-0.3, -0.25) is 4.94 Å². The van der Waals surface area contributed by atoms with Crippen LogP contribution in [-0.2, 0) is 9.74 Å². The first kappa shape index (κ1) is 13.4. The molecule has 0 aromatic heterocycles. The predicted octanol–water partition coefficient (Wildman–Crippen LogP) is 1.96. The van der Waals surface area contributed by atoms with Crippen molar-refractivity contribution in [3.63, 3.8) is 0 Å². The summed E-state index contributed by atoms with van der Waals surface area (Å²) in [5.41, 5.74) is 5.24. The fourth-order valence-electron chi connectivity index (χ4n) is 1.38. The van der Waals surface area contributed by atoms with Gasteiger partial charge in [0.2, 0.25) is 0 Å². The van der Waals surface area contributed by atoms with Crippen molar-refractivity contribution in [2.75, 3.05) is 6.54 Å². The molecule has 7 heteroatoms. The highest BCUT2D eigenvalue weighted by Gasteiger charge is 2.20. The highest BCUT2D eigenvalue weighted by Crippen LogP contribution is 2.23. The number of halogens is 4. The van der Waals surface area contributed by atoms with E-state index in [1.165, 1.54) is 0 Å². The minimum Gasteiger partial charge on any atom is -0.330 e. The molecule has 0 saturated heterocycles. The summed E-state index contributed by atoms with van der Waals surface area (Å²) in [5, 5.41) is 0. The maximum Gasteiger partial charge on any atom is 0.349 e. The van der Waals surface area contributed by atoms with Crippen LogP contribution in [0.4, 0.5) is 17.7 Å². The molecule has 1 rings (SSSR count). The molecule has 0 bridgehead atoms. The highest BCUT2D eigenvalue weighted by atomic mass is 19.3. The van der Waals surface area contributed by atoms with Gasteiger partial charge in [0.05, 0.1) is 6.42 Å². The minimum absolute atomic E-state index is 0.0331. The number of benzene rings is 1. The van der Waals surface area contributed by atoms with E-state index in [0.29, 0.717) is 12.1 Å². The summed E-state index contributed by atoms with van der Waals surface area (Å²) in [4.78, 5) is 13.6. The molecule has 0 spiro atoms. The van der Waals surface area contributed by atoms with Crippen molar-refractivity contribution in [2.24, 2.45) is 5.73 Å². The molecule has 0 saturated carbocycles. The van der Waals surface area contributed by atoms with Crippen LogP contribution in [0.3, 0.4) is 0 Å². The summed E-state index contributed by atoms with van der Waals surface area (Å²) in [6.45, 7) is -0.167. The standard InChI is InChI=1S/C10H9F4NO2/c11-7-1-5(2-8(12)10(7)13)6(4-15)3-9(16)17-14/h1-2,6H,3-4,15H2. The highest BCUT2D eigenvalue weighted by molar-refractivity contribution is 5.69. The largest absolute Gasteiger partial charge is 0.349 e. The Morgan fingerprint density at radius 2 is 1.82 bits per heavy atom. The summed E-state index contributed by atoms with van der Waals surface area (Å²) in [5.74, 6) is -6.47. The van der Waals surface area contributed by atoms with Crippen LogP contribution in [0.15, 0.2) is 12.1 Å². The summed E-state index contributed by atoms with van der Waals surface area (Å²) in [7, 11) is 0. The lowest BCUT2D eigenvalue weighted by Crippen LogP contribution is -2.17. The third-order valence-electron chi connectivity index (χ3n) is 2.26. The van der Waals surface area contributed by atoms with E-state index < -0.39 is 35.8 Å². The Labute approximate surface area is 94.1 Å². The van der Waals surface area contributed by atoms with E-state index in [9.17, 15) is 22.5 Å². The zero-order valence-corrected chi connectivity index (χ0v) is 8.55. The maximum atomic E-state index is 12.9. The van der Waals surface area contributed by atoms with Gasteiger partial charge in [0.25, 0.3) is 0 Å². The molecule has 1 aromatic rings. The first-order valence-corrected chi connectivity index (χ1v) is 4.65. The van der Waals surface area contributed by atoms with E-state index in [0.717, 1.165) is 0 Å². The molecule has 0 radical (unpaired) electrons. The van der Waals surface area contributed by atoms with Crippen LogP contribution in [0.25, 0.3) is 0 Å². The zero-order chi connectivity index (χ0) is 13.0. The van der Waals surface area contributed by atoms with E-state index in [1.807, 2.05) is 0 Å². The molecule has 1 unspecified atom stereocenters. The molecule has 0 fully saturated rings. The van der Waals surface area contributed by atoms with Crippen molar-refractivity contribution in [1.29, 1.82) is 0 Å². The summed E-state index contributed by atoms with van der Waals surface area (Å²) < 4.78 is 50.0. The average molecular weight is 251 g/mol. The first-order valence-electron chi connectivity index (χ1n) is 4.65. The number of hydrogen-bond acceptors (Lipinski definition) is 3. The van der Waals surface area contributed by atoms with E-state index in [-0.39, 0.29) is 12.1 Å². The number of carbonyl (C=O) groups is 1. The quantitative estimate of drug-likeness (QED) is 0.657. The Hall–Kier alpha value is -1.63. The molecule has 0 aliphatic rings. The van der Waals surface area contributed by atoms with Crippen LogP contribution < -0.4 is 5.73 Å². The van der Waals surface area contributed by atoms with E-state index in [2.05, 4.69) is 4.94 Å². The van der Waals surface area contributed by atoms with Crippen molar-refractivity contribution in [2.45, 2.75) is 12.3 Å². The zero-order valence-electron chi connectivity index (χ0n) is 8.55. The van der Waals surface area contributed by atoms with Crippen LogP contribution in [0.1, 0.15) is 17.9 Å². The second-order valence-electron chi connectivity index (χ2n) is 3.38. The molecule has 0 aliphatic carbocycles. The molecule has 17 heavy (non-hydrogen) atoms. The van der Waals surface area contributed by atoms with Crippen LogP contribution in [-0.4, -0.2) is 12.5 Å². The van der Waals surface area contributed by atoms with Gasteiger partial charge in [-0.1, -0.05) is 0 Å². The maximum absolute atomic E-state index is 12.9. The molecule has 0 aliphatic heterocycles. The number of rotatable bonds is 4. The van der Waals surface area contributed by atoms with Gasteiger partial charge < -0.3 is 5.73 Å². The smallest absolute Gasteiger partial charge is 0.330 e. The van der Waals surface area contributed by atoms with Crippen molar-refractivity contribution < 1.29 is 27.4 Å². The lowest BCUT2D eigenvalue weighted by atomic mass is 9.95. The number of nitrogens with two attached hydrogens (primary N) is 1. The Bertz CT molecular complexity index is 402. The van der Waals surface area contributed by atoms with Gasteiger partial charge in [-0.25, -0.2) is 18.0 Å². The van der Waals surface area contributed by atoms with Gasteiger partial charge in [0, 0.05) is 10.4 Å². The summed E-state index contributed by atoms with van der Waals surface area (Å²) in [6, 6.07) is 1.42. The SMILES string of the molecule is NCC(CC(=O)OF)c1cc(F)c(F)c(F)c1. The van der Waals surface area contributed by atoms with Crippen LogP contribution in [0, 0.1) is 17.5 Å². The van der Waals surface area contributed by atoms with Gasteiger partial charge in [-0.2, -0.15) is 0 Å². The topological polar surface area (TPSA) is 52.3 Å². The monoisotopic (exact) mass is 251 g/mol. The van der Waals surface area contributed by atoms with Gasteiger partial charge in [0.1, 0.15) is 0 Å². The van der Waals surface area contributed by atoms with E-state index in [1.54, 1.807) is 0 Å². The third kappa shape index (κ3) is 3.16. The van der Waals surface area contributed by atoms with Gasteiger partial charge in [-0.05, 0) is 24.2 Å². The minimum atomic E-state index is -1.61. The molecular formula is C10H9F4NO2. The Morgan fingerprint density at radius 1 is 1.29 bits per heavy atom. The van der Waals surface area contributed by atoms with Crippen molar-refractivity contribution in [3.05, 3.63) is 35.1 Å². The lowest BCUT2D eigenvalue weighted by molar-refractivity contribution is -0.184. The molecule has 2 N–H and O–H groups in total. The predicted molar refractivity (Wildman–Crippen MR) is 49.9 cm³/mol. The van der Waals surface area contributed by atoms with Crippen LogP contribution in [0.2, 0.25) is 0 Å². The van der Waals surface area contributed by atoms with Gasteiger partial charge in [-0.15, -0.1) is 0 Å². The molecule has 1 aromatic carbocycles. The van der Waals surface area contributed by atoms with Crippen LogP contribution >= 0.6 is 0 Å². The Kier molecular flexibility index (Phi) is 4.45. The number of carbonyl (C=O) groups excluding carboxylic acids is 1. The number of hydrogen-bond donors (Lipinski definition) is 1. The first-order chi connectivity index (χ1) is 7.99. The second kappa shape index (κ2) is 5.62. The fourth-order valence-corrected chi connectivity index (χ4v) is 1.38. The van der Waals surface area contributed by atoms with Crippen molar-refractivity contribution in [1.82, 2.24) is 0 Å². The fraction of sp³-hybridized carbons (Fsp3) is 0.300. The lowest BCUT2D eigenvalue weighted by Gasteiger charge is -2.13. The van der Waals surface area contributed by atoms with Gasteiger partial charge in [0.15, 0.2) is 17.5 Å². The van der Waals surface area contributed by atoms with E-state index in [4.69, 9.17) is 5.73 Å². The Balaban J connectivity index is 3.00. The van der Waals surface area contributed by atoms with Gasteiger partial charge >= 0.3 is 5.97 Å². The molecular weight excluding hydrogens is 242 g/mol. The van der Waals surface area contributed by atoms with Crippen molar-refractivity contribution >= 4 is 5.97 Å². The molecule has 0 heterocycles. The van der Waals surface area contributed by atoms with E-state index >= 15 is 0 Å². The molecule has 3 nitrogen and oxygen atoms in total. The summed E-state index contributed by atoms with van der Waals surface area (Å²) in [6.07, 6.45) is -0.489. The summed E-state index contributed by atoms with van der Waals surface area (Å²) >= 11 is 0. The molecule has 94 valence electrons. The second-order valence-corrected chi connectivity index (χ2v) is 3.38. The average Bonchev–Trinajstić information content (AvgIpc) is 2.31. The van der Waals surface area contributed by atoms with Crippen LogP contribution in [0.5, 0.6) is 0 Å². The molecule has 0 amide bonds. The third-order valence-corrected chi connectivity index (χ3v) is 2.26. The Morgan fingerprint density at radius 3 is 2.24 bits per heavy atom. The molecule has 1 atom stereocenters.